The number of hydrogen-bond acceptors (Lipinski definition) is 6. The van der Waals surface area contributed by atoms with Crippen LogP contribution in [0.25, 0.3) is 0 Å². The molecule has 170 valence electrons. The molecule has 4 rings (SSSR count). The quantitative estimate of drug-likeness (QED) is 0.670. The molecule has 1 fully saturated rings. The van der Waals surface area contributed by atoms with Crippen LogP contribution in [0, 0.1) is 18.3 Å². The van der Waals surface area contributed by atoms with Gasteiger partial charge in [-0.05, 0) is 52.2 Å². The van der Waals surface area contributed by atoms with Gasteiger partial charge >= 0.3 is 0 Å². The number of thioether (sulfide) groups is 1. The molecule has 2 unspecified atom stereocenters. The number of nitrogens with one attached hydrogen (secondary N) is 1. The van der Waals surface area contributed by atoms with Gasteiger partial charge in [-0.1, -0.05) is 29.8 Å². The summed E-state index contributed by atoms with van der Waals surface area (Å²) in [5.74, 6) is 1.91. The van der Waals surface area contributed by atoms with E-state index in [1.807, 2.05) is 0 Å². The molecule has 0 aliphatic carbocycles. The van der Waals surface area contributed by atoms with Gasteiger partial charge in [0.1, 0.15) is 16.9 Å². The van der Waals surface area contributed by atoms with Crippen LogP contribution in [-0.4, -0.2) is 41.5 Å². The highest BCUT2D eigenvalue weighted by Gasteiger charge is 2.34. The predicted octanol–water partition coefficient (Wildman–Crippen LogP) is 4.63. The minimum absolute atomic E-state index is 0.273. The van der Waals surface area contributed by atoms with Gasteiger partial charge in [-0.25, -0.2) is 4.98 Å². The highest BCUT2D eigenvalue weighted by Crippen LogP contribution is 2.39. The number of nitrogens with zero attached hydrogens (tertiary/aromatic N) is 3. The van der Waals surface area contributed by atoms with Gasteiger partial charge in [-0.2, -0.15) is 5.26 Å². The van der Waals surface area contributed by atoms with Crippen LogP contribution in [-0.2, 0) is 24.2 Å². The smallest absolute Gasteiger partial charge is 0.135 e. The average molecular weight is 451 g/mol. The zero-order valence-electron chi connectivity index (χ0n) is 19.9. The van der Waals surface area contributed by atoms with Gasteiger partial charge in [0.25, 0.3) is 0 Å². The van der Waals surface area contributed by atoms with Crippen LogP contribution < -0.4 is 10.2 Å². The number of nitriles is 1. The Morgan fingerprint density at radius 1 is 1.19 bits per heavy atom. The molecule has 0 radical (unpaired) electrons. The second-order valence-corrected chi connectivity index (χ2v) is 11.0. The van der Waals surface area contributed by atoms with E-state index in [0.29, 0.717) is 18.7 Å². The van der Waals surface area contributed by atoms with E-state index >= 15 is 0 Å². The molecule has 2 atom stereocenters. The lowest BCUT2D eigenvalue weighted by atomic mass is 9.89. The summed E-state index contributed by atoms with van der Waals surface area (Å²) in [5.41, 5.74) is 5.30. The number of rotatable bonds is 5. The first-order chi connectivity index (χ1) is 15.3. The number of fused-ring (bicyclic) bond motifs is 1. The summed E-state index contributed by atoms with van der Waals surface area (Å²) < 4.78 is 6.17. The first-order valence-corrected chi connectivity index (χ1v) is 12.5. The molecular formula is C26H34N4OS. The molecule has 2 aliphatic heterocycles. The Hall–Kier alpha value is -2.07. The van der Waals surface area contributed by atoms with Crippen molar-refractivity contribution in [2.24, 2.45) is 0 Å². The summed E-state index contributed by atoms with van der Waals surface area (Å²) in [5, 5.41) is 14.6. The summed E-state index contributed by atoms with van der Waals surface area (Å²) in [6.45, 7) is 13.1. The monoisotopic (exact) mass is 450 g/mol. The standard InChI is InChI=1S/C26H34N4OS/c1-17-6-8-20(9-7-17)10-11-32-25-22(13-27)21-12-26(4,5)31-16-23(21)24(29-25)30-14-18(2)28-19(3)15-30/h6-9,18-19,28H,10-12,14-16H2,1-5H3. The van der Waals surface area contributed by atoms with Crippen LogP contribution in [0.3, 0.4) is 0 Å². The van der Waals surface area contributed by atoms with Crippen LogP contribution in [0.2, 0.25) is 0 Å². The van der Waals surface area contributed by atoms with Crippen molar-refractivity contribution in [3.05, 3.63) is 52.1 Å². The first kappa shape index (κ1) is 23.1. The van der Waals surface area contributed by atoms with E-state index in [4.69, 9.17) is 9.72 Å². The van der Waals surface area contributed by atoms with Crippen molar-refractivity contribution in [2.45, 2.75) is 76.8 Å². The van der Waals surface area contributed by atoms with Gasteiger partial charge in [0.2, 0.25) is 0 Å². The van der Waals surface area contributed by atoms with Gasteiger partial charge in [0, 0.05) is 42.9 Å². The number of anilines is 1. The Morgan fingerprint density at radius 2 is 1.88 bits per heavy atom. The molecule has 1 saturated heterocycles. The molecule has 2 aromatic rings. The maximum Gasteiger partial charge on any atom is 0.135 e. The summed E-state index contributed by atoms with van der Waals surface area (Å²) in [6, 6.07) is 12.0. The molecule has 3 heterocycles. The minimum Gasteiger partial charge on any atom is -0.370 e. The lowest BCUT2D eigenvalue weighted by molar-refractivity contribution is -0.0402. The number of piperazine rings is 1. The van der Waals surface area contributed by atoms with Crippen molar-refractivity contribution >= 4 is 17.6 Å². The summed E-state index contributed by atoms with van der Waals surface area (Å²) >= 11 is 1.71. The van der Waals surface area contributed by atoms with E-state index in [0.717, 1.165) is 59.2 Å². The highest BCUT2D eigenvalue weighted by molar-refractivity contribution is 7.99. The molecule has 5 nitrogen and oxygen atoms in total. The van der Waals surface area contributed by atoms with Crippen LogP contribution in [0.5, 0.6) is 0 Å². The fraction of sp³-hybridized carbons (Fsp3) is 0.538. The Morgan fingerprint density at radius 3 is 2.53 bits per heavy atom. The number of pyridine rings is 1. The van der Waals surface area contributed by atoms with E-state index in [2.05, 4.69) is 75.2 Å². The maximum absolute atomic E-state index is 10.1. The maximum atomic E-state index is 10.1. The lowest BCUT2D eigenvalue weighted by Crippen LogP contribution is -2.55. The molecule has 32 heavy (non-hydrogen) atoms. The van der Waals surface area contributed by atoms with Gasteiger partial charge in [-0.3, -0.25) is 0 Å². The SMILES string of the molecule is Cc1ccc(CCSc2nc(N3CC(C)NC(C)C3)c3c(c2C#N)CC(C)(C)OC3)cc1. The van der Waals surface area contributed by atoms with Crippen molar-refractivity contribution in [3.63, 3.8) is 0 Å². The topological polar surface area (TPSA) is 61.2 Å². The number of hydrogen-bond donors (Lipinski definition) is 1. The molecule has 0 saturated carbocycles. The summed E-state index contributed by atoms with van der Waals surface area (Å²) in [4.78, 5) is 7.49. The van der Waals surface area contributed by atoms with E-state index in [1.165, 1.54) is 11.1 Å². The zero-order valence-corrected chi connectivity index (χ0v) is 20.7. The molecule has 2 aliphatic rings. The van der Waals surface area contributed by atoms with Crippen LogP contribution in [0.1, 0.15) is 55.5 Å². The molecule has 1 aromatic carbocycles. The number of ether oxygens (including phenoxy) is 1. The zero-order chi connectivity index (χ0) is 22.9. The third kappa shape index (κ3) is 5.11. The van der Waals surface area contributed by atoms with Crippen molar-refractivity contribution < 1.29 is 4.74 Å². The summed E-state index contributed by atoms with van der Waals surface area (Å²) in [6.07, 6.45) is 1.70. The van der Waals surface area contributed by atoms with Gasteiger partial charge in [0.15, 0.2) is 0 Å². The largest absolute Gasteiger partial charge is 0.370 e. The summed E-state index contributed by atoms with van der Waals surface area (Å²) in [7, 11) is 0. The van der Waals surface area contributed by atoms with E-state index in [9.17, 15) is 5.26 Å². The predicted molar refractivity (Wildman–Crippen MR) is 131 cm³/mol. The molecule has 0 bridgehead atoms. The van der Waals surface area contributed by atoms with E-state index < -0.39 is 0 Å². The van der Waals surface area contributed by atoms with E-state index in [-0.39, 0.29) is 5.60 Å². The number of aryl methyl sites for hydroxylation is 2. The Bertz CT molecular complexity index is 1000. The molecule has 0 amide bonds. The molecule has 1 aromatic heterocycles. The number of benzene rings is 1. The fourth-order valence-electron chi connectivity index (χ4n) is 4.73. The Balaban J connectivity index is 1.67. The van der Waals surface area contributed by atoms with Gasteiger partial charge in [-0.15, -0.1) is 11.8 Å². The van der Waals surface area contributed by atoms with Crippen molar-refractivity contribution in [1.82, 2.24) is 10.3 Å². The van der Waals surface area contributed by atoms with Crippen molar-refractivity contribution in [3.8, 4) is 6.07 Å². The highest BCUT2D eigenvalue weighted by atomic mass is 32.2. The third-order valence-electron chi connectivity index (χ3n) is 6.29. The fourth-order valence-corrected chi connectivity index (χ4v) is 5.72. The Labute approximate surface area is 196 Å². The molecule has 0 spiro atoms. The van der Waals surface area contributed by atoms with Crippen LogP contribution >= 0.6 is 11.8 Å². The molecule has 6 heteroatoms. The second kappa shape index (κ2) is 9.43. The average Bonchev–Trinajstić information content (AvgIpc) is 2.73. The van der Waals surface area contributed by atoms with Crippen molar-refractivity contribution in [2.75, 3.05) is 23.7 Å². The molecule has 1 N–H and O–H groups in total. The van der Waals surface area contributed by atoms with Crippen LogP contribution in [0.15, 0.2) is 29.3 Å². The van der Waals surface area contributed by atoms with Crippen LogP contribution in [0.4, 0.5) is 5.82 Å². The second-order valence-electron chi connectivity index (χ2n) is 9.87. The Kier molecular flexibility index (Phi) is 6.80. The van der Waals surface area contributed by atoms with Gasteiger partial charge < -0.3 is 15.0 Å². The lowest BCUT2D eigenvalue weighted by Gasteiger charge is -2.40. The third-order valence-corrected chi connectivity index (χ3v) is 7.26. The minimum atomic E-state index is -0.273. The van der Waals surface area contributed by atoms with Crippen molar-refractivity contribution in [1.29, 1.82) is 5.26 Å². The molecular weight excluding hydrogens is 416 g/mol. The van der Waals surface area contributed by atoms with Gasteiger partial charge in [0.05, 0.1) is 17.8 Å². The number of aromatic nitrogens is 1. The normalized spacial score (nSPS) is 22.3. The van der Waals surface area contributed by atoms with E-state index in [1.54, 1.807) is 11.8 Å². The first-order valence-electron chi connectivity index (χ1n) is 11.5.